The molecule has 0 aromatic carbocycles. The molecular formula is C15H29NO7. The third kappa shape index (κ3) is 6.23. The number of hydrogen-bond donors (Lipinski definition) is 4. The third-order valence-corrected chi connectivity index (χ3v) is 3.85. The maximum absolute atomic E-state index is 11.8. The lowest BCUT2D eigenvalue weighted by molar-refractivity contribution is -0.293. The largest absolute Gasteiger partial charge is 0.438 e. The number of aliphatic hydroxyl groups excluding tert-OH is 3. The van der Waals surface area contributed by atoms with Crippen molar-refractivity contribution in [2.45, 2.75) is 69.7 Å². The average molecular weight is 335 g/mol. The molecule has 1 aliphatic rings. The second-order valence-corrected chi connectivity index (χ2v) is 5.65. The summed E-state index contributed by atoms with van der Waals surface area (Å²) in [6.45, 7) is 2.13. The molecule has 1 aliphatic heterocycles. The summed E-state index contributed by atoms with van der Waals surface area (Å²) in [4.78, 5) is 11.8. The van der Waals surface area contributed by atoms with E-state index in [0.29, 0.717) is 6.54 Å². The normalized spacial score (nSPS) is 30.9. The highest BCUT2D eigenvalue weighted by molar-refractivity contribution is 5.67. The van der Waals surface area contributed by atoms with Crippen LogP contribution in [0.5, 0.6) is 0 Å². The van der Waals surface area contributed by atoms with Crippen LogP contribution in [0.15, 0.2) is 0 Å². The fourth-order valence-corrected chi connectivity index (χ4v) is 2.46. The number of hydrogen-bond acceptors (Lipinski definition) is 7. The van der Waals surface area contributed by atoms with Gasteiger partial charge in [-0.3, -0.25) is 0 Å². The number of amides is 1. The van der Waals surface area contributed by atoms with E-state index in [4.69, 9.17) is 19.3 Å². The van der Waals surface area contributed by atoms with Crippen molar-refractivity contribution in [2.75, 3.05) is 20.3 Å². The topological polar surface area (TPSA) is 117 Å². The molecule has 0 unspecified atom stereocenters. The van der Waals surface area contributed by atoms with Gasteiger partial charge < -0.3 is 34.8 Å². The summed E-state index contributed by atoms with van der Waals surface area (Å²) in [5.41, 5.74) is 0. The minimum atomic E-state index is -1.40. The van der Waals surface area contributed by atoms with Crippen LogP contribution in [0.25, 0.3) is 0 Å². The second-order valence-electron chi connectivity index (χ2n) is 5.65. The minimum Gasteiger partial charge on any atom is -0.438 e. The van der Waals surface area contributed by atoms with Crippen molar-refractivity contribution in [1.82, 2.24) is 5.32 Å². The van der Waals surface area contributed by atoms with Crippen molar-refractivity contribution in [1.29, 1.82) is 0 Å². The van der Waals surface area contributed by atoms with E-state index in [9.17, 15) is 15.0 Å². The van der Waals surface area contributed by atoms with Crippen LogP contribution in [0.2, 0.25) is 0 Å². The number of carbonyl (C=O) groups excluding carboxylic acids is 1. The monoisotopic (exact) mass is 335 g/mol. The Morgan fingerprint density at radius 1 is 1.17 bits per heavy atom. The summed E-state index contributed by atoms with van der Waals surface area (Å²) in [5.74, 6) is 0. The van der Waals surface area contributed by atoms with E-state index >= 15 is 0 Å². The Morgan fingerprint density at radius 3 is 2.48 bits per heavy atom. The minimum absolute atomic E-state index is 0.477. The van der Waals surface area contributed by atoms with Crippen LogP contribution in [-0.4, -0.2) is 72.4 Å². The van der Waals surface area contributed by atoms with Gasteiger partial charge in [-0.2, -0.15) is 0 Å². The molecule has 0 spiro atoms. The van der Waals surface area contributed by atoms with Gasteiger partial charge in [0.1, 0.15) is 18.3 Å². The molecule has 1 amide bonds. The highest BCUT2D eigenvalue weighted by Crippen LogP contribution is 2.24. The SMILES string of the molecule is CCCCCCCNC(=O)O[C@H]1[C@@H](OC)O[C@H](CO)[C@@H](O)[C@@H]1O. The van der Waals surface area contributed by atoms with E-state index in [1.807, 2.05) is 0 Å². The first-order valence-corrected chi connectivity index (χ1v) is 8.14. The van der Waals surface area contributed by atoms with Gasteiger partial charge in [0, 0.05) is 13.7 Å². The van der Waals surface area contributed by atoms with Crippen LogP contribution < -0.4 is 5.32 Å². The van der Waals surface area contributed by atoms with E-state index < -0.39 is 43.4 Å². The summed E-state index contributed by atoms with van der Waals surface area (Å²) in [7, 11) is 1.32. The number of aliphatic hydroxyl groups is 3. The smallest absolute Gasteiger partial charge is 0.407 e. The van der Waals surface area contributed by atoms with E-state index in [1.54, 1.807) is 0 Å². The lowest BCUT2D eigenvalue weighted by Gasteiger charge is -2.40. The first-order chi connectivity index (χ1) is 11.0. The zero-order chi connectivity index (χ0) is 17.2. The summed E-state index contributed by atoms with van der Waals surface area (Å²) in [6, 6.07) is 0. The molecule has 8 heteroatoms. The molecule has 1 heterocycles. The van der Waals surface area contributed by atoms with Crippen LogP contribution >= 0.6 is 0 Å². The summed E-state index contributed by atoms with van der Waals surface area (Å²) >= 11 is 0. The Labute approximate surface area is 136 Å². The van der Waals surface area contributed by atoms with Gasteiger partial charge in [0.15, 0.2) is 12.4 Å². The standard InChI is InChI=1S/C15H29NO7/c1-3-4-5-6-7-8-16-15(20)23-13-12(19)11(18)10(9-17)22-14(13)21-2/h10-14,17-19H,3-9H2,1-2H3,(H,16,20)/t10-,11-,12+,13-,14+/m1/s1. The lowest BCUT2D eigenvalue weighted by atomic mass is 9.99. The van der Waals surface area contributed by atoms with E-state index in [0.717, 1.165) is 25.7 Å². The molecule has 0 saturated carbocycles. The quantitative estimate of drug-likeness (QED) is 0.443. The summed E-state index contributed by atoms with van der Waals surface area (Å²) in [6.07, 6.45) is -1.34. The van der Waals surface area contributed by atoms with Gasteiger partial charge >= 0.3 is 6.09 Å². The fourth-order valence-electron chi connectivity index (χ4n) is 2.46. The lowest BCUT2D eigenvalue weighted by Crippen LogP contribution is -2.60. The van der Waals surface area contributed by atoms with Crippen LogP contribution in [0, 0.1) is 0 Å². The molecular weight excluding hydrogens is 306 g/mol. The molecule has 1 saturated heterocycles. The molecule has 0 aromatic rings. The van der Waals surface area contributed by atoms with Gasteiger partial charge in [-0.25, -0.2) is 4.79 Å². The molecule has 0 aromatic heterocycles. The zero-order valence-electron chi connectivity index (χ0n) is 13.8. The maximum atomic E-state index is 11.8. The molecule has 1 rings (SSSR count). The Morgan fingerprint density at radius 2 is 1.87 bits per heavy atom. The number of unbranched alkanes of at least 4 members (excludes halogenated alkanes) is 4. The number of methoxy groups -OCH3 is 1. The number of carbonyl (C=O) groups is 1. The van der Waals surface area contributed by atoms with Crippen LogP contribution in [0.1, 0.15) is 39.0 Å². The molecule has 4 N–H and O–H groups in total. The molecule has 5 atom stereocenters. The number of rotatable bonds is 9. The highest BCUT2D eigenvalue weighted by Gasteiger charge is 2.46. The Bertz CT molecular complexity index is 340. The average Bonchev–Trinajstić information content (AvgIpc) is 2.55. The van der Waals surface area contributed by atoms with Gasteiger partial charge in [-0.15, -0.1) is 0 Å². The first-order valence-electron chi connectivity index (χ1n) is 8.14. The number of alkyl carbamates (subject to hydrolysis) is 1. The van der Waals surface area contributed by atoms with Crippen molar-refractivity contribution >= 4 is 6.09 Å². The Hall–Kier alpha value is -0.930. The second kappa shape index (κ2) is 10.8. The van der Waals surface area contributed by atoms with Crippen molar-refractivity contribution in [3.63, 3.8) is 0 Å². The van der Waals surface area contributed by atoms with Crippen molar-refractivity contribution in [3.8, 4) is 0 Å². The van der Waals surface area contributed by atoms with Gasteiger partial charge in [0.05, 0.1) is 6.61 Å². The van der Waals surface area contributed by atoms with Crippen LogP contribution in [0.3, 0.4) is 0 Å². The third-order valence-electron chi connectivity index (χ3n) is 3.85. The van der Waals surface area contributed by atoms with Crippen molar-refractivity contribution in [2.24, 2.45) is 0 Å². The van der Waals surface area contributed by atoms with Crippen LogP contribution in [-0.2, 0) is 14.2 Å². The van der Waals surface area contributed by atoms with Gasteiger partial charge in [0.25, 0.3) is 0 Å². The molecule has 8 nitrogen and oxygen atoms in total. The molecule has 1 fully saturated rings. The van der Waals surface area contributed by atoms with E-state index in [1.165, 1.54) is 13.5 Å². The predicted molar refractivity (Wildman–Crippen MR) is 81.8 cm³/mol. The molecule has 0 bridgehead atoms. The highest BCUT2D eigenvalue weighted by atomic mass is 16.7. The van der Waals surface area contributed by atoms with Crippen molar-refractivity contribution in [3.05, 3.63) is 0 Å². The Balaban J connectivity index is 2.39. The predicted octanol–water partition coefficient (Wildman–Crippen LogP) is 0.137. The maximum Gasteiger partial charge on any atom is 0.407 e. The number of ether oxygens (including phenoxy) is 3. The molecule has 23 heavy (non-hydrogen) atoms. The van der Waals surface area contributed by atoms with Crippen molar-refractivity contribution < 1.29 is 34.3 Å². The van der Waals surface area contributed by atoms with Crippen LogP contribution in [0.4, 0.5) is 4.79 Å². The van der Waals surface area contributed by atoms with Gasteiger partial charge in [-0.05, 0) is 6.42 Å². The van der Waals surface area contributed by atoms with Gasteiger partial charge in [0.2, 0.25) is 0 Å². The summed E-state index contributed by atoms with van der Waals surface area (Å²) in [5, 5.41) is 31.6. The summed E-state index contributed by atoms with van der Waals surface area (Å²) < 4.78 is 15.4. The van der Waals surface area contributed by atoms with E-state index in [2.05, 4.69) is 12.2 Å². The molecule has 0 radical (unpaired) electrons. The zero-order valence-corrected chi connectivity index (χ0v) is 13.8. The number of nitrogens with one attached hydrogen (secondary N) is 1. The van der Waals surface area contributed by atoms with Gasteiger partial charge in [-0.1, -0.05) is 32.6 Å². The van der Waals surface area contributed by atoms with E-state index in [-0.39, 0.29) is 0 Å². The molecule has 0 aliphatic carbocycles. The Kier molecular flexibility index (Phi) is 9.42. The fraction of sp³-hybridized carbons (Fsp3) is 0.933. The first kappa shape index (κ1) is 20.1. The molecule has 136 valence electrons.